The first kappa shape index (κ1) is 18.6. The van der Waals surface area contributed by atoms with Crippen LogP contribution in [0.25, 0.3) is 17.1 Å². The smallest absolute Gasteiger partial charge is 0.270 e. The molecule has 0 N–H and O–H groups in total. The zero-order valence-electron chi connectivity index (χ0n) is 15.5. The Hall–Kier alpha value is -3.16. The maximum Gasteiger partial charge on any atom is 0.270 e. The number of nitro benzene ring substituents is 1. The maximum atomic E-state index is 11.5. The Kier molecular flexibility index (Phi) is 5.25. The van der Waals surface area contributed by atoms with Crippen LogP contribution in [0.1, 0.15) is 19.8 Å². The van der Waals surface area contributed by atoms with Crippen LogP contribution < -0.4 is 0 Å². The Labute approximate surface area is 157 Å². The van der Waals surface area contributed by atoms with Crippen LogP contribution in [0.5, 0.6) is 0 Å². The summed E-state index contributed by atoms with van der Waals surface area (Å²) in [7, 11) is 1.99. The van der Waals surface area contributed by atoms with Gasteiger partial charge in [0.1, 0.15) is 12.1 Å². The van der Waals surface area contributed by atoms with E-state index >= 15 is 0 Å². The summed E-state index contributed by atoms with van der Waals surface area (Å²) in [5.41, 5.74) is 1.38. The number of non-ortho nitro benzene ring substituents is 1. The number of piperidine rings is 1. The van der Waals surface area contributed by atoms with Gasteiger partial charge < -0.3 is 9.80 Å². The Morgan fingerprint density at radius 1 is 1.37 bits per heavy atom. The predicted molar refractivity (Wildman–Crippen MR) is 103 cm³/mol. The van der Waals surface area contributed by atoms with Gasteiger partial charge in [0.2, 0.25) is 5.91 Å². The molecule has 1 amide bonds. The number of carbonyl (C=O) groups excluding carboxylic acids is 1. The fourth-order valence-electron chi connectivity index (χ4n) is 3.35. The highest BCUT2D eigenvalue weighted by atomic mass is 16.6. The SMILES string of the molecule is C=C(N(C)C1CCN(C(C)=O)CC1)n1cnc(-c2cccc([N+](=O)[O-])c2)c1. The van der Waals surface area contributed by atoms with Crippen molar-refractivity contribution in [3.05, 3.63) is 53.5 Å². The molecule has 1 saturated heterocycles. The van der Waals surface area contributed by atoms with Crippen molar-refractivity contribution in [1.82, 2.24) is 19.4 Å². The van der Waals surface area contributed by atoms with E-state index in [2.05, 4.69) is 16.5 Å². The van der Waals surface area contributed by atoms with Gasteiger partial charge in [-0.05, 0) is 12.8 Å². The van der Waals surface area contributed by atoms with Gasteiger partial charge in [0.15, 0.2) is 0 Å². The highest BCUT2D eigenvalue weighted by Gasteiger charge is 2.25. The van der Waals surface area contributed by atoms with Gasteiger partial charge >= 0.3 is 0 Å². The molecule has 0 radical (unpaired) electrons. The Balaban J connectivity index is 1.71. The molecule has 8 nitrogen and oxygen atoms in total. The highest BCUT2D eigenvalue weighted by Crippen LogP contribution is 2.25. The fourth-order valence-corrected chi connectivity index (χ4v) is 3.35. The van der Waals surface area contributed by atoms with Gasteiger partial charge in [-0.3, -0.25) is 19.5 Å². The van der Waals surface area contributed by atoms with Gasteiger partial charge in [0, 0.05) is 57.0 Å². The molecule has 0 atom stereocenters. The number of aromatic nitrogens is 2. The van der Waals surface area contributed by atoms with Crippen molar-refractivity contribution < 1.29 is 9.72 Å². The van der Waals surface area contributed by atoms with Crippen molar-refractivity contribution >= 4 is 17.4 Å². The van der Waals surface area contributed by atoms with E-state index in [0.717, 1.165) is 31.8 Å². The van der Waals surface area contributed by atoms with Gasteiger partial charge in [-0.1, -0.05) is 18.7 Å². The summed E-state index contributed by atoms with van der Waals surface area (Å²) in [5.74, 6) is 0.895. The molecule has 0 saturated carbocycles. The number of hydrogen-bond donors (Lipinski definition) is 0. The first-order valence-electron chi connectivity index (χ1n) is 8.83. The largest absolute Gasteiger partial charge is 0.358 e. The Bertz CT molecular complexity index is 868. The quantitative estimate of drug-likeness (QED) is 0.598. The molecule has 1 aliphatic heterocycles. The summed E-state index contributed by atoms with van der Waals surface area (Å²) < 4.78 is 1.82. The van der Waals surface area contributed by atoms with Crippen LogP contribution in [0.15, 0.2) is 43.4 Å². The minimum Gasteiger partial charge on any atom is -0.358 e. The van der Waals surface area contributed by atoms with Crippen molar-refractivity contribution in [2.75, 3.05) is 20.1 Å². The van der Waals surface area contributed by atoms with Crippen molar-refractivity contribution in [3.8, 4) is 11.3 Å². The van der Waals surface area contributed by atoms with Crippen LogP contribution >= 0.6 is 0 Å². The fraction of sp³-hybridized carbons (Fsp3) is 0.368. The number of benzene rings is 1. The molecular formula is C19H23N5O3. The minimum absolute atomic E-state index is 0.0372. The van der Waals surface area contributed by atoms with Crippen molar-refractivity contribution in [2.24, 2.45) is 0 Å². The van der Waals surface area contributed by atoms with Crippen LogP contribution in [0.4, 0.5) is 5.69 Å². The molecule has 0 aliphatic carbocycles. The monoisotopic (exact) mass is 369 g/mol. The van der Waals surface area contributed by atoms with Crippen LogP contribution in [0.2, 0.25) is 0 Å². The van der Waals surface area contributed by atoms with Gasteiger partial charge in [-0.2, -0.15) is 0 Å². The summed E-state index contributed by atoms with van der Waals surface area (Å²) >= 11 is 0. The number of nitro groups is 1. The third-order valence-electron chi connectivity index (χ3n) is 5.10. The molecule has 0 spiro atoms. The number of nitrogens with zero attached hydrogens (tertiary/aromatic N) is 5. The van der Waals surface area contributed by atoms with Gasteiger partial charge in [-0.15, -0.1) is 0 Å². The van der Waals surface area contributed by atoms with Crippen molar-refractivity contribution in [3.63, 3.8) is 0 Å². The lowest BCUT2D eigenvalue weighted by atomic mass is 10.0. The Morgan fingerprint density at radius 3 is 2.70 bits per heavy atom. The molecular weight excluding hydrogens is 346 g/mol. The van der Waals surface area contributed by atoms with Crippen molar-refractivity contribution in [2.45, 2.75) is 25.8 Å². The zero-order valence-corrected chi connectivity index (χ0v) is 15.5. The van der Waals surface area contributed by atoms with Gasteiger partial charge in [0.05, 0.1) is 10.6 Å². The second-order valence-corrected chi connectivity index (χ2v) is 6.74. The zero-order chi connectivity index (χ0) is 19.6. The Morgan fingerprint density at radius 2 is 2.07 bits per heavy atom. The number of likely N-dealkylation sites (tertiary alicyclic amines) is 1. The van der Waals surface area contributed by atoms with E-state index in [0.29, 0.717) is 17.3 Å². The highest BCUT2D eigenvalue weighted by molar-refractivity contribution is 5.73. The molecule has 2 heterocycles. The number of amides is 1. The summed E-state index contributed by atoms with van der Waals surface area (Å²) in [6.45, 7) is 7.27. The molecule has 1 fully saturated rings. The van der Waals surface area contributed by atoms with E-state index in [4.69, 9.17) is 0 Å². The maximum absolute atomic E-state index is 11.5. The molecule has 2 aromatic rings. The number of rotatable bonds is 5. The molecule has 0 unspecified atom stereocenters. The number of hydrogen-bond acceptors (Lipinski definition) is 5. The van der Waals surface area contributed by atoms with Gasteiger partial charge in [-0.25, -0.2) is 4.98 Å². The van der Waals surface area contributed by atoms with Crippen LogP contribution in [-0.2, 0) is 4.79 Å². The third-order valence-corrected chi connectivity index (χ3v) is 5.10. The lowest BCUT2D eigenvalue weighted by molar-refractivity contribution is -0.384. The number of carbonyl (C=O) groups is 1. The normalized spacial score (nSPS) is 14.8. The molecule has 1 aliphatic rings. The third kappa shape index (κ3) is 3.99. The van der Waals surface area contributed by atoms with E-state index in [9.17, 15) is 14.9 Å². The average Bonchev–Trinajstić information content (AvgIpc) is 3.17. The van der Waals surface area contributed by atoms with E-state index in [1.54, 1.807) is 25.4 Å². The summed E-state index contributed by atoms with van der Waals surface area (Å²) in [5, 5.41) is 11.0. The first-order chi connectivity index (χ1) is 12.9. The average molecular weight is 369 g/mol. The topological polar surface area (TPSA) is 84.5 Å². The van der Waals surface area contributed by atoms with Crippen LogP contribution in [0, 0.1) is 10.1 Å². The van der Waals surface area contributed by atoms with Crippen LogP contribution in [0.3, 0.4) is 0 Å². The standard InChI is InChI=1S/C19H23N5O3/c1-14(21(3)17-7-9-22(10-8-17)15(2)25)23-12-19(20-13-23)16-5-4-6-18(11-16)24(26)27/h4-6,11-13,17H,1,7-10H2,2-3H3. The molecule has 1 aromatic carbocycles. The first-order valence-corrected chi connectivity index (χ1v) is 8.83. The molecule has 0 bridgehead atoms. The summed E-state index contributed by atoms with van der Waals surface area (Å²) in [6, 6.07) is 6.72. The number of imidazole rings is 1. The molecule has 1 aromatic heterocycles. The van der Waals surface area contributed by atoms with E-state index in [1.165, 1.54) is 12.1 Å². The van der Waals surface area contributed by atoms with E-state index in [1.807, 2.05) is 22.7 Å². The second kappa shape index (κ2) is 7.61. The van der Waals surface area contributed by atoms with Crippen LogP contribution in [-0.4, -0.2) is 56.4 Å². The predicted octanol–water partition coefficient (Wildman–Crippen LogP) is 2.83. The van der Waals surface area contributed by atoms with E-state index < -0.39 is 4.92 Å². The molecule has 3 rings (SSSR count). The molecule has 27 heavy (non-hydrogen) atoms. The lowest BCUT2D eigenvalue weighted by Crippen LogP contribution is -2.44. The molecule has 8 heteroatoms. The molecule has 142 valence electrons. The second-order valence-electron chi connectivity index (χ2n) is 6.74. The van der Waals surface area contributed by atoms with Crippen molar-refractivity contribution in [1.29, 1.82) is 0 Å². The minimum atomic E-state index is -0.416. The summed E-state index contributed by atoms with van der Waals surface area (Å²) in [4.78, 5) is 30.4. The summed E-state index contributed by atoms with van der Waals surface area (Å²) in [6.07, 6.45) is 5.27. The van der Waals surface area contributed by atoms with E-state index in [-0.39, 0.29) is 11.6 Å². The van der Waals surface area contributed by atoms with Gasteiger partial charge in [0.25, 0.3) is 5.69 Å². The lowest BCUT2D eigenvalue weighted by Gasteiger charge is -2.38.